The first kappa shape index (κ1) is 36.1. The minimum absolute atomic E-state index is 0.644. The molecule has 0 spiro atoms. The number of nitrogens with zero attached hydrogens (tertiary/aromatic N) is 4. The van der Waals surface area contributed by atoms with E-state index in [9.17, 15) is 0 Å². The zero-order valence-electron chi connectivity index (χ0n) is 34.7. The Morgan fingerprint density at radius 2 is 0.828 bits per heavy atom. The molecular formula is C60H38N4. The van der Waals surface area contributed by atoms with Crippen molar-refractivity contribution >= 4 is 54.4 Å². The molecule has 0 N–H and O–H groups in total. The number of fused-ring (bicyclic) bond motifs is 3. The maximum atomic E-state index is 5.26. The number of hydrogen-bond donors (Lipinski definition) is 0. The average Bonchev–Trinajstić information content (AvgIpc) is 3.90. The molecule has 10 aromatic carbocycles. The Bertz CT molecular complexity index is 3750. The molecule has 0 radical (unpaired) electrons. The SMILES string of the molecule is c1ccc(-c2cc(-c3ccccc3)cc(-n3c4cccc5ccc6c(-c7ccc8c(c7)c7ccccc7n8-c7nc(-c8ccccc8)cc(-c8ccccc8)n7)ccc3c6c54)c2)cc1. The first-order chi connectivity index (χ1) is 31.7. The zero-order valence-corrected chi connectivity index (χ0v) is 34.7. The van der Waals surface area contributed by atoms with Gasteiger partial charge in [-0.15, -0.1) is 0 Å². The molecule has 0 aliphatic rings. The summed E-state index contributed by atoms with van der Waals surface area (Å²) in [7, 11) is 0. The molecule has 0 fully saturated rings. The third-order valence-electron chi connectivity index (χ3n) is 12.9. The molecule has 0 saturated heterocycles. The molecule has 13 rings (SSSR count). The number of benzene rings is 10. The lowest BCUT2D eigenvalue weighted by molar-refractivity contribution is 0.995. The fourth-order valence-electron chi connectivity index (χ4n) is 9.96. The summed E-state index contributed by atoms with van der Waals surface area (Å²) in [5, 5.41) is 7.34. The van der Waals surface area contributed by atoms with Crippen LogP contribution < -0.4 is 0 Å². The van der Waals surface area contributed by atoms with Crippen LogP contribution in [0.15, 0.2) is 231 Å². The Kier molecular flexibility index (Phi) is 8.18. The molecule has 298 valence electrons. The Hall–Kier alpha value is -8.60. The summed E-state index contributed by atoms with van der Waals surface area (Å²) in [5.41, 5.74) is 16.7. The molecule has 0 aliphatic heterocycles. The lowest BCUT2D eigenvalue weighted by Crippen LogP contribution is -2.04. The van der Waals surface area contributed by atoms with E-state index < -0.39 is 0 Å². The lowest BCUT2D eigenvalue weighted by atomic mass is 9.94. The fourth-order valence-corrected chi connectivity index (χ4v) is 9.96. The molecule has 64 heavy (non-hydrogen) atoms. The number of rotatable bonds is 7. The van der Waals surface area contributed by atoms with Gasteiger partial charge in [0.1, 0.15) is 0 Å². The van der Waals surface area contributed by atoms with Crippen LogP contribution in [0.5, 0.6) is 0 Å². The van der Waals surface area contributed by atoms with Crippen molar-refractivity contribution in [3.63, 3.8) is 0 Å². The van der Waals surface area contributed by atoms with Gasteiger partial charge in [-0.3, -0.25) is 4.57 Å². The normalized spacial score (nSPS) is 11.8. The van der Waals surface area contributed by atoms with E-state index in [4.69, 9.17) is 9.97 Å². The van der Waals surface area contributed by atoms with E-state index in [0.29, 0.717) is 5.95 Å². The molecule has 4 nitrogen and oxygen atoms in total. The van der Waals surface area contributed by atoms with Crippen LogP contribution in [-0.4, -0.2) is 19.1 Å². The van der Waals surface area contributed by atoms with Gasteiger partial charge in [-0.2, -0.15) is 0 Å². The summed E-state index contributed by atoms with van der Waals surface area (Å²) >= 11 is 0. The molecule has 0 bridgehead atoms. The number of para-hydroxylation sites is 1. The molecule has 0 unspecified atom stereocenters. The largest absolute Gasteiger partial charge is 0.309 e. The van der Waals surface area contributed by atoms with Crippen LogP contribution in [-0.2, 0) is 0 Å². The van der Waals surface area contributed by atoms with E-state index in [2.05, 4.69) is 228 Å². The average molecular weight is 815 g/mol. The monoisotopic (exact) mass is 814 g/mol. The molecule has 0 aliphatic carbocycles. The summed E-state index contributed by atoms with van der Waals surface area (Å²) in [6.07, 6.45) is 0. The van der Waals surface area contributed by atoms with Crippen molar-refractivity contribution in [1.29, 1.82) is 0 Å². The fraction of sp³-hybridized carbons (Fsp3) is 0. The van der Waals surface area contributed by atoms with Crippen LogP contribution in [0.25, 0.3) is 122 Å². The summed E-state index contributed by atoms with van der Waals surface area (Å²) in [6.45, 7) is 0. The van der Waals surface area contributed by atoms with E-state index in [1.165, 1.54) is 66.0 Å². The van der Waals surface area contributed by atoms with E-state index in [0.717, 1.165) is 50.0 Å². The summed E-state index contributed by atoms with van der Waals surface area (Å²) in [6, 6.07) is 82.8. The predicted octanol–water partition coefficient (Wildman–Crippen LogP) is 15.6. The van der Waals surface area contributed by atoms with E-state index in [1.807, 2.05) is 12.1 Å². The second kappa shape index (κ2) is 14.5. The van der Waals surface area contributed by atoms with Crippen molar-refractivity contribution in [2.75, 3.05) is 0 Å². The van der Waals surface area contributed by atoms with E-state index in [-0.39, 0.29) is 0 Å². The standard InChI is InChI=1S/C60H38N4/c1-5-16-39(17-6-1)45-34-46(40-18-7-2-8-19-40)36-47(35-45)63-56-27-15-24-43-28-30-50-48(31-33-57(63)59(50)58(43)56)44-29-32-55-51(37-44)49-25-13-14-26-54(49)64(55)60-61-52(41-20-9-3-10-21-41)38-53(62-60)42-22-11-4-12-23-42/h1-38H. The molecular weight excluding hydrogens is 777 g/mol. The third kappa shape index (κ3) is 5.77. The Labute approximate surface area is 369 Å². The second-order valence-corrected chi connectivity index (χ2v) is 16.6. The predicted molar refractivity (Wildman–Crippen MR) is 267 cm³/mol. The molecule has 4 heteroatoms. The van der Waals surface area contributed by atoms with Crippen molar-refractivity contribution in [2.24, 2.45) is 0 Å². The minimum atomic E-state index is 0.644. The first-order valence-electron chi connectivity index (χ1n) is 21.8. The van der Waals surface area contributed by atoms with Gasteiger partial charge in [0.25, 0.3) is 0 Å². The van der Waals surface area contributed by atoms with Crippen LogP contribution in [0.4, 0.5) is 0 Å². The van der Waals surface area contributed by atoms with Gasteiger partial charge in [-0.05, 0) is 98.8 Å². The van der Waals surface area contributed by atoms with Crippen LogP contribution in [0, 0.1) is 0 Å². The van der Waals surface area contributed by atoms with E-state index in [1.54, 1.807) is 0 Å². The highest BCUT2D eigenvalue weighted by Gasteiger charge is 2.22. The number of hydrogen-bond acceptors (Lipinski definition) is 2. The highest BCUT2D eigenvalue weighted by atomic mass is 15.2. The van der Waals surface area contributed by atoms with Gasteiger partial charge < -0.3 is 4.57 Å². The maximum Gasteiger partial charge on any atom is 0.235 e. The second-order valence-electron chi connectivity index (χ2n) is 16.6. The first-order valence-corrected chi connectivity index (χ1v) is 21.8. The Morgan fingerprint density at radius 3 is 1.48 bits per heavy atom. The van der Waals surface area contributed by atoms with Crippen molar-refractivity contribution in [2.45, 2.75) is 0 Å². The van der Waals surface area contributed by atoms with Crippen molar-refractivity contribution < 1.29 is 0 Å². The summed E-state index contributed by atoms with van der Waals surface area (Å²) < 4.78 is 4.70. The highest BCUT2D eigenvalue weighted by Crippen LogP contribution is 2.45. The van der Waals surface area contributed by atoms with Gasteiger partial charge in [-0.25, -0.2) is 9.97 Å². The molecule has 3 heterocycles. The van der Waals surface area contributed by atoms with Gasteiger partial charge in [-0.1, -0.05) is 176 Å². The van der Waals surface area contributed by atoms with Crippen molar-refractivity contribution in [3.8, 4) is 67.5 Å². The van der Waals surface area contributed by atoms with Crippen molar-refractivity contribution in [3.05, 3.63) is 231 Å². The van der Waals surface area contributed by atoms with Gasteiger partial charge >= 0.3 is 0 Å². The minimum Gasteiger partial charge on any atom is -0.309 e. The zero-order chi connectivity index (χ0) is 42.1. The van der Waals surface area contributed by atoms with Gasteiger partial charge in [0, 0.05) is 38.4 Å². The maximum absolute atomic E-state index is 5.26. The smallest absolute Gasteiger partial charge is 0.235 e. The van der Waals surface area contributed by atoms with Crippen LogP contribution >= 0.6 is 0 Å². The Morgan fingerprint density at radius 1 is 0.281 bits per heavy atom. The van der Waals surface area contributed by atoms with Gasteiger partial charge in [0.2, 0.25) is 5.95 Å². The Balaban J connectivity index is 1.01. The third-order valence-corrected chi connectivity index (χ3v) is 12.9. The quantitative estimate of drug-likeness (QED) is 0.150. The summed E-state index contributed by atoms with van der Waals surface area (Å²) in [5.74, 6) is 0.644. The number of aromatic nitrogens is 4. The van der Waals surface area contributed by atoms with E-state index >= 15 is 0 Å². The highest BCUT2D eigenvalue weighted by molar-refractivity contribution is 6.27. The molecule has 3 aromatic heterocycles. The topological polar surface area (TPSA) is 35.6 Å². The van der Waals surface area contributed by atoms with Gasteiger partial charge in [0.15, 0.2) is 0 Å². The van der Waals surface area contributed by atoms with Crippen molar-refractivity contribution in [1.82, 2.24) is 19.1 Å². The molecule has 0 amide bonds. The lowest BCUT2D eigenvalue weighted by Gasteiger charge is -2.14. The van der Waals surface area contributed by atoms with Crippen LogP contribution in [0.1, 0.15) is 0 Å². The van der Waals surface area contributed by atoms with Gasteiger partial charge in [0.05, 0.1) is 33.5 Å². The molecule has 13 aromatic rings. The molecule has 0 saturated carbocycles. The van der Waals surface area contributed by atoms with Crippen LogP contribution in [0.2, 0.25) is 0 Å². The summed E-state index contributed by atoms with van der Waals surface area (Å²) in [4.78, 5) is 10.5. The molecule has 0 atom stereocenters. The van der Waals surface area contributed by atoms with Crippen LogP contribution in [0.3, 0.4) is 0 Å².